The third-order valence-electron chi connectivity index (χ3n) is 3.33. The quantitative estimate of drug-likeness (QED) is 0.741. The van der Waals surface area contributed by atoms with Crippen molar-refractivity contribution in [2.45, 2.75) is 45.7 Å². The molecule has 2 atom stereocenters. The van der Waals surface area contributed by atoms with Gasteiger partial charge in [0.15, 0.2) is 0 Å². The second kappa shape index (κ2) is 6.04. The van der Waals surface area contributed by atoms with Gasteiger partial charge < -0.3 is 5.32 Å². The Morgan fingerprint density at radius 2 is 2.19 bits per heavy atom. The molecule has 0 aromatic rings. The van der Waals surface area contributed by atoms with Gasteiger partial charge in [-0.05, 0) is 40.2 Å². The molecule has 0 spiro atoms. The average Bonchev–Trinajstić information content (AvgIpc) is 2.28. The Labute approximate surface area is 98.9 Å². The fourth-order valence-corrected chi connectivity index (χ4v) is 2.57. The Balaban J connectivity index is 2.88. The maximum Gasteiger partial charge on any atom is 0.237 e. The zero-order valence-electron chi connectivity index (χ0n) is 10.9. The van der Waals surface area contributed by atoms with Crippen molar-refractivity contribution in [2.24, 2.45) is 5.92 Å². The minimum absolute atomic E-state index is 0.00921. The summed E-state index contributed by atoms with van der Waals surface area (Å²) in [6.45, 7) is 7.38. The van der Waals surface area contributed by atoms with Gasteiger partial charge >= 0.3 is 0 Å². The first-order valence-electron chi connectivity index (χ1n) is 6.22. The minimum atomic E-state index is 0.00921. The van der Waals surface area contributed by atoms with E-state index in [-0.39, 0.29) is 11.9 Å². The first-order chi connectivity index (χ1) is 7.61. The molecule has 1 N–H and O–H groups in total. The molecule has 0 aromatic carbocycles. The topological polar surface area (TPSA) is 32.3 Å². The van der Waals surface area contributed by atoms with Crippen molar-refractivity contribution in [3.63, 3.8) is 0 Å². The summed E-state index contributed by atoms with van der Waals surface area (Å²) in [5.41, 5.74) is 0. The Bertz CT molecular complexity index is 261. The number of hydrogen-bond donors (Lipinski definition) is 1. The largest absolute Gasteiger partial charge is 0.358 e. The van der Waals surface area contributed by atoms with E-state index in [1.54, 1.807) is 7.05 Å². The van der Waals surface area contributed by atoms with Crippen LogP contribution in [0.5, 0.6) is 0 Å². The van der Waals surface area contributed by atoms with Crippen LogP contribution in [-0.4, -0.2) is 36.5 Å². The molecule has 1 amide bonds. The van der Waals surface area contributed by atoms with Crippen LogP contribution in [-0.2, 0) is 4.79 Å². The van der Waals surface area contributed by atoms with Crippen LogP contribution in [0.25, 0.3) is 0 Å². The number of likely N-dealkylation sites (tertiary alicyclic amines) is 1. The van der Waals surface area contributed by atoms with E-state index in [1.165, 1.54) is 6.42 Å². The molecule has 0 radical (unpaired) electrons. The fraction of sp³-hybridized carbons (Fsp3) is 0.769. The summed E-state index contributed by atoms with van der Waals surface area (Å²) in [7, 11) is 1.72. The number of carbonyl (C=O) groups is 1. The van der Waals surface area contributed by atoms with E-state index < -0.39 is 0 Å². The van der Waals surface area contributed by atoms with Crippen molar-refractivity contribution in [1.29, 1.82) is 0 Å². The van der Waals surface area contributed by atoms with Gasteiger partial charge in [0.05, 0.1) is 6.04 Å². The van der Waals surface area contributed by atoms with Crippen molar-refractivity contribution in [3.8, 4) is 0 Å². The molecule has 0 saturated carbocycles. The molecule has 2 unspecified atom stereocenters. The van der Waals surface area contributed by atoms with Crippen LogP contribution < -0.4 is 5.32 Å². The molecule has 1 heterocycles. The van der Waals surface area contributed by atoms with Crippen molar-refractivity contribution < 1.29 is 4.79 Å². The predicted octanol–water partition coefficient (Wildman–Crippen LogP) is 1.80. The first-order valence-corrected chi connectivity index (χ1v) is 6.22. The molecular weight excluding hydrogens is 200 g/mol. The van der Waals surface area contributed by atoms with Gasteiger partial charge in [0.1, 0.15) is 0 Å². The Morgan fingerprint density at radius 1 is 1.50 bits per heavy atom. The smallest absolute Gasteiger partial charge is 0.237 e. The Kier molecular flexibility index (Phi) is 5.00. The lowest BCUT2D eigenvalue weighted by molar-refractivity contribution is -0.129. The lowest BCUT2D eigenvalue weighted by atomic mass is 9.87. The molecule has 3 heteroatoms. The molecular formula is C13H24N2O. The minimum Gasteiger partial charge on any atom is -0.358 e. The van der Waals surface area contributed by atoms with Crippen LogP contribution in [0.2, 0.25) is 0 Å². The molecule has 3 nitrogen and oxygen atoms in total. The standard InChI is InChI=1S/C13H24N2O/c1-5-7-11-8-6-9-15(10(2)3)12(11)13(16)14-4/h5,7,10-12H,6,8-9H2,1-4H3,(H,14,16)/b7-5-. The molecule has 0 bridgehead atoms. The van der Waals surface area contributed by atoms with E-state index >= 15 is 0 Å². The average molecular weight is 224 g/mol. The number of rotatable bonds is 3. The molecule has 1 saturated heterocycles. The van der Waals surface area contributed by atoms with E-state index in [9.17, 15) is 4.79 Å². The number of hydrogen-bond acceptors (Lipinski definition) is 2. The highest BCUT2D eigenvalue weighted by atomic mass is 16.2. The number of nitrogens with one attached hydrogen (secondary N) is 1. The number of amides is 1. The monoisotopic (exact) mass is 224 g/mol. The molecule has 1 aliphatic heterocycles. The molecule has 92 valence electrons. The Morgan fingerprint density at radius 3 is 2.69 bits per heavy atom. The van der Waals surface area contributed by atoms with Crippen LogP contribution in [0, 0.1) is 5.92 Å². The highest BCUT2D eigenvalue weighted by Crippen LogP contribution is 2.26. The lowest BCUT2D eigenvalue weighted by Gasteiger charge is -2.41. The zero-order valence-corrected chi connectivity index (χ0v) is 10.9. The summed E-state index contributed by atoms with van der Waals surface area (Å²) >= 11 is 0. The summed E-state index contributed by atoms with van der Waals surface area (Å²) in [4.78, 5) is 14.3. The van der Waals surface area contributed by atoms with Gasteiger partial charge in [-0.2, -0.15) is 0 Å². The molecule has 0 aliphatic carbocycles. The molecule has 1 rings (SSSR count). The maximum absolute atomic E-state index is 12.0. The molecule has 1 fully saturated rings. The SMILES string of the molecule is C/C=C\C1CCCN(C(C)C)C1C(=O)NC. The summed E-state index contributed by atoms with van der Waals surface area (Å²) < 4.78 is 0. The van der Waals surface area contributed by atoms with Gasteiger partial charge in [-0.1, -0.05) is 12.2 Å². The third-order valence-corrected chi connectivity index (χ3v) is 3.33. The number of allylic oxidation sites excluding steroid dienone is 1. The first kappa shape index (κ1) is 13.2. The highest BCUT2D eigenvalue weighted by Gasteiger charge is 2.35. The van der Waals surface area contributed by atoms with Gasteiger partial charge in [0.25, 0.3) is 0 Å². The van der Waals surface area contributed by atoms with E-state index in [0.29, 0.717) is 12.0 Å². The van der Waals surface area contributed by atoms with Crippen LogP contribution in [0.3, 0.4) is 0 Å². The third kappa shape index (κ3) is 2.85. The molecule has 1 aliphatic rings. The van der Waals surface area contributed by atoms with E-state index in [4.69, 9.17) is 0 Å². The van der Waals surface area contributed by atoms with E-state index in [1.807, 2.05) is 6.92 Å². The van der Waals surface area contributed by atoms with Crippen LogP contribution in [0.4, 0.5) is 0 Å². The lowest BCUT2D eigenvalue weighted by Crippen LogP contribution is -2.55. The van der Waals surface area contributed by atoms with Gasteiger partial charge in [-0.15, -0.1) is 0 Å². The summed E-state index contributed by atoms with van der Waals surface area (Å²) in [6, 6.07) is 0.435. The van der Waals surface area contributed by atoms with Crippen molar-refractivity contribution >= 4 is 5.91 Å². The molecule has 0 aromatic heterocycles. The Hall–Kier alpha value is -0.830. The second-order valence-electron chi connectivity index (χ2n) is 4.72. The van der Waals surface area contributed by atoms with Crippen molar-refractivity contribution in [3.05, 3.63) is 12.2 Å². The summed E-state index contributed by atoms with van der Waals surface area (Å²) in [6.07, 6.45) is 6.53. The van der Waals surface area contributed by atoms with Gasteiger partial charge in [0, 0.05) is 19.0 Å². The predicted molar refractivity (Wildman–Crippen MR) is 67.2 cm³/mol. The van der Waals surface area contributed by atoms with Gasteiger partial charge in [-0.25, -0.2) is 0 Å². The number of nitrogens with zero attached hydrogens (tertiary/aromatic N) is 1. The fourth-order valence-electron chi connectivity index (χ4n) is 2.57. The zero-order chi connectivity index (χ0) is 12.1. The summed E-state index contributed by atoms with van der Waals surface area (Å²) in [5, 5.41) is 2.79. The van der Waals surface area contributed by atoms with E-state index in [2.05, 4.69) is 36.2 Å². The number of likely N-dealkylation sites (N-methyl/N-ethyl adjacent to an activating group) is 1. The van der Waals surface area contributed by atoms with Crippen LogP contribution in [0.15, 0.2) is 12.2 Å². The van der Waals surface area contributed by atoms with Gasteiger partial charge in [0.2, 0.25) is 5.91 Å². The normalized spacial score (nSPS) is 27.6. The summed E-state index contributed by atoms with van der Waals surface area (Å²) in [5.74, 6) is 0.512. The van der Waals surface area contributed by atoms with Crippen molar-refractivity contribution in [1.82, 2.24) is 10.2 Å². The maximum atomic E-state index is 12.0. The molecule has 16 heavy (non-hydrogen) atoms. The van der Waals surface area contributed by atoms with Crippen molar-refractivity contribution in [2.75, 3.05) is 13.6 Å². The van der Waals surface area contributed by atoms with Crippen LogP contribution in [0.1, 0.15) is 33.6 Å². The van der Waals surface area contributed by atoms with Crippen LogP contribution >= 0.6 is 0 Å². The second-order valence-corrected chi connectivity index (χ2v) is 4.72. The highest BCUT2D eigenvalue weighted by molar-refractivity contribution is 5.82. The number of carbonyl (C=O) groups excluding carboxylic acids is 1. The van der Waals surface area contributed by atoms with E-state index in [0.717, 1.165) is 13.0 Å². The number of piperidine rings is 1. The van der Waals surface area contributed by atoms with Gasteiger partial charge in [-0.3, -0.25) is 9.69 Å².